The number of aromatic amines is 1. The molecule has 0 spiro atoms. The first-order valence-corrected chi connectivity index (χ1v) is 11.4. The maximum Gasteiger partial charge on any atom is 0.237 e. The molecule has 1 saturated heterocycles. The number of nitrogens with zero attached hydrogens (tertiary/aromatic N) is 2. The van der Waals surface area contributed by atoms with Gasteiger partial charge in [0.25, 0.3) is 0 Å². The van der Waals surface area contributed by atoms with E-state index in [-0.39, 0.29) is 24.1 Å². The number of halogens is 2. The number of amides is 1. The lowest BCUT2D eigenvalue weighted by Crippen LogP contribution is -2.43. The van der Waals surface area contributed by atoms with Gasteiger partial charge >= 0.3 is 0 Å². The topological polar surface area (TPSA) is 39.3 Å². The summed E-state index contributed by atoms with van der Waals surface area (Å²) in [7, 11) is 0. The largest absolute Gasteiger partial charge is 0.361 e. The lowest BCUT2D eigenvalue weighted by atomic mass is 9.81. The standard InChI is InChI=1S/C26H30FN3O.ClH/c1-3-26(2)22-6-4-5-7-24(22)30(25(26)31)15-14-29-12-10-18(11-13-29)21-17-28-23-16-19(27)8-9-20(21)23;/h4-9,16-18,28H,3,10-15H2,1-2H3;1H. The maximum atomic E-state index is 13.5. The highest BCUT2D eigenvalue weighted by atomic mass is 35.5. The zero-order valence-electron chi connectivity index (χ0n) is 18.7. The van der Waals surface area contributed by atoms with E-state index in [1.807, 2.05) is 23.1 Å². The van der Waals surface area contributed by atoms with Crippen LogP contribution in [0, 0.1) is 5.82 Å². The third kappa shape index (κ3) is 3.71. The molecule has 4 nitrogen and oxygen atoms in total. The van der Waals surface area contributed by atoms with E-state index >= 15 is 0 Å². The molecule has 32 heavy (non-hydrogen) atoms. The predicted molar refractivity (Wildman–Crippen MR) is 130 cm³/mol. The third-order valence-corrected chi connectivity index (χ3v) is 7.56. The van der Waals surface area contributed by atoms with Gasteiger partial charge in [-0.15, -0.1) is 12.4 Å². The number of rotatable bonds is 5. The molecule has 1 amide bonds. The number of para-hydroxylation sites is 1. The average Bonchev–Trinajstić information content (AvgIpc) is 3.30. The Morgan fingerprint density at radius 3 is 2.62 bits per heavy atom. The van der Waals surface area contributed by atoms with E-state index in [0.29, 0.717) is 5.92 Å². The summed E-state index contributed by atoms with van der Waals surface area (Å²) in [6.07, 6.45) is 5.04. The van der Waals surface area contributed by atoms with Gasteiger partial charge in [-0.2, -0.15) is 0 Å². The summed E-state index contributed by atoms with van der Waals surface area (Å²) in [6, 6.07) is 13.3. The van der Waals surface area contributed by atoms with Crippen molar-refractivity contribution < 1.29 is 9.18 Å². The van der Waals surface area contributed by atoms with Crippen molar-refractivity contribution in [2.45, 2.75) is 44.4 Å². The Balaban J connectivity index is 0.00000245. The molecule has 0 bridgehead atoms. The lowest BCUT2D eigenvalue weighted by molar-refractivity contribution is -0.122. The van der Waals surface area contributed by atoms with Crippen molar-refractivity contribution in [3.8, 4) is 0 Å². The molecule has 1 atom stereocenters. The Kier molecular flexibility index (Phi) is 6.33. The summed E-state index contributed by atoms with van der Waals surface area (Å²) in [5, 5.41) is 1.14. The molecule has 3 heterocycles. The Labute approximate surface area is 195 Å². The van der Waals surface area contributed by atoms with Crippen LogP contribution in [-0.4, -0.2) is 42.0 Å². The van der Waals surface area contributed by atoms with Gasteiger partial charge in [0.15, 0.2) is 0 Å². The van der Waals surface area contributed by atoms with Crippen LogP contribution in [0.5, 0.6) is 0 Å². The number of nitrogens with one attached hydrogen (secondary N) is 1. The summed E-state index contributed by atoms with van der Waals surface area (Å²) in [6.45, 7) is 7.85. The Bertz CT molecular complexity index is 1120. The second-order valence-corrected chi connectivity index (χ2v) is 9.21. The van der Waals surface area contributed by atoms with Gasteiger partial charge in [0.05, 0.1) is 5.41 Å². The molecule has 1 N–H and O–H groups in total. The molecule has 6 heteroatoms. The van der Waals surface area contributed by atoms with Crippen LogP contribution in [-0.2, 0) is 10.2 Å². The summed E-state index contributed by atoms with van der Waals surface area (Å²) in [5.74, 6) is 0.526. The van der Waals surface area contributed by atoms with E-state index in [9.17, 15) is 9.18 Å². The molecule has 2 aliphatic heterocycles. The van der Waals surface area contributed by atoms with E-state index in [4.69, 9.17) is 0 Å². The Morgan fingerprint density at radius 1 is 1.12 bits per heavy atom. The van der Waals surface area contributed by atoms with Crippen molar-refractivity contribution >= 4 is 34.9 Å². The maximum absolute atomic E-state index is 13.5. The molecular weight excluding hydrogens is 425 g/mol. The molecule has 0 aliphatic carbocycles. The Hall–Kier alpha value is -2.37. The number of likely N-dealkylation sites (tertiary alicyclic amines) is 1. The molecule has 0 saturated carbocycles. The monoisotopic (exact) mass is 455 g/mol. The highest BCUT2D eigenvalue weighted by molar-refractivity contribution is 6.07. The number of aromatic nitrogens is 1. The van der Waals surface area contributed by atoms with Crippen molar-refractivity contribution in [3.63, 3.8) is 0 Å². The van der Waals surface area contributed by atoms with Crippen LogP contribution < -0.4 is 4.90 Å². The molecule has 1 unspecified atom stereocenters. The normalized spacial score (nSPS) is 21.7. The summed E-state index contributed by atoms with van der Waals surface area (Å²) in [4.78, 5) is 20.9. The van der Waals surface area contributed by atoms with Crippen LogP contribution in [0.25, 0.3) is 10.9 Å². The number of anilines is 1. The van der Waals surface area contributed by atoms with Gasteiger partial charge < -0.3 is 14.8 Å². The molecule has 1 fully saturated rings. The number of hydrogen-bond donors (Lipinski definition) is 1. The second-order valence-electron chi connectivity index (χ2n) is 9.21. The number of piperidine rings is 1. The molecular formula is C26H31ClFN3O. The third-order valence-electron chi connectivity index (χ3n) is 7.56. The number of benzene rings is 2. The number of hydrogen-bond acceptors (Lipinski definition) is 2. The zero-order chi connectivity index (χ0) is 21.6. The van der Waals surface area contributed by atoms with Gasteiger partial charge in [0.1, 0.15) is 5.82 Å². The zero-order valence-corrected chi connectivity index (χ0v) is 19.6. The van der Waals surface area contributed by atoms with Crippen LogP contribution in [0.2, 0.25) is 0 Å². The number of carbonyl (C=O) groups excluding carboxylic acids is 1. The van der Waals surface area contributed by atoms with Crippen LogP contribution in [0.1, 0.15) is 50.2 Å². The van der Waals surface area contributed by atoms with Gasteiger partial charge in [-0.3, -0.25) is 4.79 Å². The minimum atomic E-state index is -0.404. The fourth-order valence-electron chi connectivity index (χ4n) is 5.43. The van der Waals surface area contributed by atoms with Crippen LogP contribution in [0.15, 0.2) is 48.7 Å². The molecule has 1 aromatic heterocycles. The van der Waals surface area contributed by atoms with Crippen molar-refractivity contribution in [2.24, 2.45) is 0 Å². The predicted octanol–water partition coefficient (Wildman–Crippen LogP) is 5.62. The van der Waals surface area contributed by atoms with E-state index in [1.165, 1.54) is 5.56 Å². The quantitative estimate of drug-likeness (QED) is 0.542. The second kappa shape index (κ2) is 8.87. The van der Waals surface area contributed by atoms with E-state index in [0.717, 1.165) is 67.6 Å². The van der Waals surface area contributed by atoms with Crippen LogP contribution in [0.4, 0.5) is 10.1 Å². The van der Waals surface area contributed by atoms with Crippen molar-refractivity contribution in [3.05, 3.63) is 65.6 Å². The molecule has 170 valence electrons. The minimum Gasteiger partial charge on any atom is -0.361 e. The fraction of sp³-hybridized carbons (Fsp3) is 0.423. The van der Waals surface area contributed by atoms with E-state index in [1.54, 1.807) is 12.1 Å². The van der Waals surface area contributed by atoms with Gasteiger partial charge in [0.2, 0.25) is 5.91 Å². The first-order valence-electron chi connectivity index (χ1n) is 11.4. The number of carbonyl (C=O) groups is 1. The minimum absolute atomic E-state index is 0. The van der Waals surface area contributed by atoms with E-state index in [2.05, 4.69) is 42.1 Å². The van der Waals surface area contributed by atoms with Crippen LogP contribution >= 0.6 is 12.4 Å². The van der Waals surface area contributed by atoms with Crippen molar-refractivity contribution in [1.82, 2.24) is 9.88 Å². The van der Waals surface area contributed by atoms with Crippen molar-refractivity contribution in [1.29, 1.82) is 0 Å². The molecule has 5 rings (SSSR count). The number of H-pyrrole nitrogens is 1. The lowest BCUT2D eigenvalue weighted by Gasteiger charge is -2.33. The highest BCUT2D eigenvalue weighted by Gasteiger charge is 2.45. The fourth-order valence-corrected chi connectivity index (χ4v) is 5.43. The molecule has 2 aliphatic rings. The molecule has 2 aromatic carbocycles. The molecule has 0 radical (unpaired) electrons. The molecule has 3 aromatic rings. The highest BCUT2D eigenvalue weighted by Crippen LogP contribution is 2.43. The van der Waals surface area contributed by atoms with Crippen LogP contribution in [0.3, 0.4) is 0 Å². The first kappa shape index (κ1) is 22.8. The summed E-state index contributed by atoms with van der Waals surface area (Å²) < 4.78 is 13.5. The van der Waals surface area contributed by atoms with Crippen molar-refractivity contribution in [2.75, 3.05) is 31.1 Å². The number of fused-ring (bicyclic) bond motifs is 2. The Morgan fingerprint density at radius 2 is 1.88 bits per heavy atom. The van der Waals surface area contributed by atoms with Gasteiger partial charge in [0, 0.05) is 35.9 Å². The van der Waals surface area contributed by atoms with Gasteiger partial charge in [-0.05, 0) is 80.6 Å². The summed E-state index contributed by atoms with van der Waals surface area (Å²) in [5.41, 5.74) is 4.02. The summed E-state index contributed by atoms with van der Waals surface area (Å²) >= 11 is 0. The smallest absolute Gasteiger partial charge is 0.237 e. The SMILES string of the molecule is CCC1(C)C(=O)N(CCN2CCC(c3c[nH]c4cc(F)ccc34)CC2)c2ccccc21.Cl. The average molecular weight is 456 g/mol. The van der Waals surface area contributed by atoms with E-state index < -0.39 is 5.41 Å². The van der Waals surface area contributed by atoms with Gasteiger partial charge in [-0.25, -0.2) is 4.39 Å². The first-order chi connectivity index (χ1) is 15.0. The van der Waals surface area contributed by atoms with Gasteiger partial charge in [-0.1, -0.05) is 25.1 Å².